The van der Waals surface area contributed by atoms with E-state index in [0.29, 0.717) is 5.92 Å². The van der Waals surface area contributed by atoms with E-state index in [0.717, 1.165) is 39.0 Å². The van der Waals surface area contributed by atoms with Gasteiger partial charge in [0, 0.05) is 19.6 Å². The molecule has 2 unspecified atom stereocenters. The first-order valence-corrected chi connectivity index (χ1v) is 7.39. The normalized spacial score (nSPS) is 37.2. The van der Waals surface area contributed by atoms with Crippen LogP contribution < -0.4 is 0 Å². The number of aliphatic carboxylic acids is 1. The average molecular weight is 252 g/mol. The van der Waals surface area contributed by atoms with E-state index >= 15 is 0 Å². The monoisotopic (exact) mass is 252 g/mol. The molecule has 3 aliphatic rings. The Balaban J connectivity index is 1.47. The van der Waals surface area contributed by atoms with Crippen LogP contribution in [0.4, 0.5) is 0 Å². The van der Waals surface area contributed by atoms with Crippen LogP contribution in [0.3, 0.4) is 0 Å². The molecule has 102 valence electrons. The Morgan fingerprint density at radius 1 is 1.11 bits per heavy atom. The van der Waals surface area contributed by atoms with Crippen molar-refractivity contribution in [2.24, 2.45) is 11.3 Å². The summed E-state index contributed by atoms with van der Waals surface area (Å²) in [7, 11) is 0. The van der Waals surface area contributed by atoms with Gasteiger partial charge in [-0.2, -0.15) is 0 Å². The highest BCUT2D eigenvalue weighted by molar-refractivity contribution is 5.79. The third kappa shape index (κ3) is 2.28. The summed E-state index contributed by atoms with van der Waals surface area (Å²) in [5.74, 6) is -0.0867. The smallest absolute Gasteiger partial charge is 0.311 e. The van der Waals surface area contributed by atoms with E-state index in [1.165, 1.54) is 32.4 Å². The molecule has 0 aromatic carbocycles. The zero-order chi connectivity index (χ0) is 12.6. The number of carboxylic acids is 1. The van der Waals surface area contributed by atoms with Gasteiger partial charge in [0.05, 0.1) is 5.41 Å². The van der Waals surface area contributed by atoms with Gasteiger partial charge in [-0.15, -0.1) is 0 Å². The Labute approximate surface area is 109 Å². The molecule has 4 nitrogen and oxygen atoms in total. The van der Waals surface area contributed by atoms with Crippen LogP contribution in [0.1, 0.15) is 32.1 Å². The van der Waals surface area contributed by atoms with Crippen molar-refractivity contribution in [3.63, 3.8) is 0 Å². The first-order chi connectivity index (χ1) is 8.71. The van der Waals surface area contributed by atoms with Crippen molar-refractivity contribution < 1.29 is 9.90 Å². The van der Waals surface area contributed by atoms with E-state index in [1.807, 2.05) is 0 Å². The lowest BCUT2D eigenvalue weighted by molar-refractivity contribution is -0.145. The summed E-state index contributed by atoms with van der Waals surface area (Å²) in [6.45, 7) is 6.55. The van der Waals surface area contributed by atoms with Crippen LogP contribution in [-0.4, -0.2) is 60.1 Å². The van der Waals surface area contributed by atoms with Crippen molar-refractivity contribution in [1.29, 1.82) is 0 Å². The predicted molar refractivity (Wildman–Crippen MR) is 69.5 cm³/mol. The van der Waals surface area contributed by atoms with Gasteiger partial charge in [-0.3, -0.25) is 4.79 Å². The lowest BCUT2D eigenvalue weighted by atomic mass is 9.97. The standard InChI is InChI=1S/C14H24N2O2/c17-13(18)14-10-12(14)4-7-16(11-14)9-8-15-5-2-1-3-6-15/h12H,1-11H2,(H,17,18). The van der Waals surface area contributed by atoms with Crippen molar-refractivity contribution in [3.8, 4) is 0 Å². The zero-order valence-electron chi connectivity index (χ0n) is 11.1. The Morgan fingerprint density at radius 2 is 1.83 bits per heavy atom. The largest absolute Gasteiger partial charge is 0.481 e. The number of carbonyl (C=O) groups is 1. The van der Waals surface area contributed by atoms with E-state index in [1.54, 1.807) is 0 Å². The zero-order valence-corrected chi connectivity index (χ0v) is 11.1. The minimum atomic E-state index is -0.560. The molecule has 3 fully saturated rings. The maximum Gasteiger partial charge on any atom is 0.311 e. The average Bonchev–Trinajstić information content (AvgIpc) is 3.13. The van der Waals surface area contributed by atoms with Crippen LogP contribution in [0.25, 0.3) is 0 Å². The number of hydrogen-bond acceptors (Lipinski definition) is 3. The van der Waals surface area contributed by atoms with Gasteiger partial charge in [-0.05, 0) is 51.2 Å². The molecule has 2 heterocycles. The molecule has 1 saturated carbocycles. The molecule has 2 saturated heterocycles. The Hall–Kier alpha value is -0.610. The highest BCUT2D eigenvalue weighted by atomic mass is 16.4. The molecule has 0 spiro atoms. The number of rotatable bonds is 4. The highest BCUT2D eigenvalue weighted by Gasteiger charge is 2.62. The fraction of sp³-hybridized carbons (Fsp3) is 0.929. The predicted octanol–water partition coefficient (Wildman–Crippen LogP) is 1.27. The molecule has 0 radical (unpaired) electrons. The maximum atomic E-state index is 11.3. The second-order valence-electron chi connectivity index (χ2n) is 6.33. The third-order valence-corrected chi connectivity index (χ3v) is 5.14. The summed E-state index contributed by atoms with van der Waals surface area (Å²) in [5.41, 5.74) is -0.361. The molecule has 0 aromatic heterocycles. The van der Waals surface area contributed by atoms with Crippen LogP contribution in [0, 0.1) is 11.3 Å². The highest BCUT2D eigenvalue weighted by Crippen LogP contribution is 2.57. The molecule has 0 aromatic rings. The van der Waals surface area contributed by atoms with E-state index in [-0.39, 0.29) is 5.41 Å². The molecule has 2 atom stereocenters. The Bertz CT molecular complexity index is 328. The number of fused-ring (bicyclic) bond motifs is 1. The van der Waals surface area contributed by atoms with Gasteiger partial charge in [-0.1, -0.05) is 6.42 Å². The summed E-state index contributed by atoms with van der Waals surface area (Å²) < 4.78 is 0. The molecule has 3 rings (SSSR count). The van der Waals surface area contributed by atoms with Crippen LogP contribution in [0.5, 0.6) is 0 Å². The Morgan fingerprint density at radius 3 is 2.56 bits per heavy atom. The fourth-order valence-corrected chi connectivity index (χ4v) is 3.76. The van der Waals surface area contributed by atoms with E-state index in [4.69, 9.17) is 0 Å². The molecule has 1 N–H and O–H groups in total. The quantitative estimate of drug-likeness (QED) is 0.818. The van der Waals surface area contributed by atoms with Crippen LogP contribution in [0.2, 0.25) is 0 Å². The minimum Gasteiger partial charge on any atom is -0.481 e. The number of likely N-dealkylation sites (tertiary alicyclic amines) is 2. The lowest BCUT2D eigenvalue weighted by Gasteiger charge is -2.33. The molecule has 2 aliphatic heterocycles. The van der Waals surface area contributed by atoms with Gasteiger partial charge in [0.2, 0.25) is 0 Å². The summed E-state index contributed by atoms with van der Waals surface area (Å²) >= 11 is 0. The maximum absolute atomic E-state index is 11.3. The summed E-state index contributed by atoms with van der Waals surface area (Å²) in [6, 6.07) is 0. The molecule has 4 heteroatoms. The van der Waals surface area contributed by atoms with Crippen LogP contribution in [0.15, 0.2) is 0 Å². The van der Waals surface area contributed by atoms with Crippen molar-refractivity contribution in [2.75, 3.05) is 39.3 Å². The van der Waals surface area contributed by atoms with Gasteiger partial charge in [-0.25, -0.2) is 0 Å². The second kappa shape index (κ2) is 4.82. The first-order valence-electron chi connectivity index (χ1n) is 7.39. The number of carboxylic acid groups (broad SMARTS) is 1. The second-order valence-corrected chi connectivity index (χ2v) is 6.33. The van der Waals surface area contributed by atoms with Crippen molar-refractivity contribution in [2.45, 2.75) is 32.1 Å². The van der Waals surface area contributed by atoms with Gasteiger partial charge < -0.3 is 14.9 Å². The molecule has 1 aliphatic carbocycles. The van der Waals surface area contributed by atoms with Crippen LogP contribution in [-0.2, 0) is 4.79 Å². The van der Waals surface area contributed by atoms with Gasteiger partial charge in [0.25, 0.3) is 0 Å². The minimum absolute atomic E-state index is 0.361. The molecule has 0 amide bonds. The number of nitrogens with zero attached hydrogens (tertiary/aromatic N) is 2. The third-order valence-electron chi connectivity index (χ3n) is 5.14. The van der Waals surface area contributed by atoms with Crippen molar-refractivity contribution in [1.82, 2.24) is 9.80 Å². The van der Waals surface area contributed by atoms with Crippen molar-refractivity contribution in [3.05, 3.63) is 0 Å². The summed E-state index contributed by atoms with van der Waals surface area (Å²) in [6.07, 6.45) is 6.06. The van der Waals surface area contributed by atoms with E-state index in [2.05, 4.69) is 9.80 Å². The number of piperidine rings is 2. The summed E-state index contributed by atoms with van der Waals surface area (Å²) in [5, 5.41) is 9.34. The molecule has 18 heavy (non-hydrogen) atoms. The first kappa shape index (κ1) is 12.4. The molecular weight excluding hydrogens is 228 g/mol. The van der Waals surface area contributed by atoms with Crippen molar-refractivity contribution >= 4 is 5.97 Å². The van der Waals surface area contributed by atoms with E-state index < -0.39 is 5.97 Å². The topological polar surface area (TPSA) is 43.8 Å². The van der Waals surface area contributed by atoms with Gasteiger partial charge in [0.15, 0.2) is 0 Å². The lowest BCUT2D eigenvalue weighted by Crippen LogP contribution is -2.44. The van der Waals surface area contributed by atoms with Crippen LogP contribution >= 0.6 is 0 Å². The Kier molecular flexibility index (Phi) is 3.32. The SMILES string of the molecule is O=C(O)C12CC1CCN(CCN1CCCCC1)C2. The molecule has 0 bridgehead atoms. The van der Waals surface area contributed by atoms with Gasteiger partial charge >= 0.3 is 5.97 Å². The summed E-state index contributed by atoms with van der Waals surface area (Å²) in [4.78, 5) is 16.3. The molecular formula is C14H24N2O2. The fourth-order valence-electron chi connectivity index (χ4n) is 3.76. The van der Waals surface area contributed by atoms with Gasteiger partial charge in [0.1, 0.15) is 0 Å². The number of hydrogen-bond donors (Lipinski definition) is 1. The van der Waals surface area contributed by atoms with E-state index in [9.17, 15) is 9.90 Å².